The van der Waals surface area contributed by atoms with Crippen LogP contribution in [0, 0.1) is 0 Å². The maximum absolute atomic E-state index is 5.58. The van der Waals surface area contributed by atoms with Gasteiger partial charge in [0.1, 0.15) is 10.8 Å². The van der Waals surface area contributed by atoms with E-state index in [1.165, 1.54) is 0 Å². The Morgan fingerprint density at radius 1 is 1.41 bits per heavy atom. The highest BCUT2D eigenvalue weighted by Gasteiger charge is 2.06. The normalized spacial score (nSPS) is 10.4. The van der Waals surface area contributed by atoms with Crippen LogP contribution in [0.25, 0.3) is 5.69 Å². The Balaban J connectivity index is 2.42. The van der Waals surface area contributed by atoms with E-state index in [-0.39, 0.29) is 0 Å². The van der Waals surface area contributed by atoms with E-state index in [1.807, 2.05) is 22.9 Å². The molecule has 0 aromatic carbocycles. The minimum Gasteiger partial charge on any atom is -0.388 e. The molecule has 0 bridgehead atoms. The van der Waals surface area contributed by atoms with Gasteiger partial charge in [0.15, 0.2) is 0 Å². The van der Waals surface area contributed by atoms with Crippen molar-refractivity contribution in [3.8, 4) is 5.69 Å². The van der Waals surface area contributed by atoms with E-state index in [4.69, 9.17) is 18.0 Å². The Morgan fingerprint density at radius 2 is 2.24 bits per heavy atom. The average Bonchev–Trinajstić information content (AvgIpc) is 2.78. The summed E-state index contributed by atoms with van der Waals surface area (Å²) in [5, 5.41) is 0. The van der Waals surface area contributed by atoms with Gasteiger partial charge in [-0.1, -0.05) is 19.1 Å². The molecular formula is C12H14N4S. The molecular weight excluding hydrogens is 232 g/mol. The molecule has 0 fully saturated rings. The highest BCUT2D eigenvalue weighted by atomic mass is 32.1. The van der Waals surface area contributed by atoms with Gasteiger partial charge < -0.3 is 10.3 Å². The molecule has 0 spiro atoms. The Kier molecular flexibility index (Phi) is 3.49. The number of aryl methyl sites for hydroxylation is 1. The molecule has 2 aromatic rings. The van der Waals surface area contributed by atoms with Crippen LogP contribution in [0.4, 0.5) is 0 Å². The van der Waals surface area contributed by atoms with Crippen molar-refractivity contribution in [2.75, 3.05) is 0 Å². The van der Waals surface area contributed by atoms with E-state index < -0.39 is 0 Å². The highest BCUT2D eigenvalue weighted by Crippen LogP contribution is 2.12. The third-order valence-electron chi connectivity index (χ3n) is 2.47. The van der Waals surface area contributed by atoms with Gasteiger partial charge in [-0.25, -0.2) is 4.98 Å². The molecule has 0 amide bonds. The second-order valence-corrected chi connectivity index (χ2v) is 4.17. The van der Waals surface area contributed by atoms with Gasteiger partial charge in [-0.15, -0.1) is 0 Å². The summed E-state index contributed by atoms with van der Waals surface area (Å²) in [4.78, 5) is 8.77. The van der Waals surface area contributed by atoms with Crippen LogP contribution in [-0.4, -0.2) is 19.5 Å². The molecule has 0 saturated carbocycles. The fourth-order valence-corrected chi connectivity index (χ4v) is 1.79. The van der Waals surface area contributed by atoms with Crippen molar-refractivity contribution in [3.63, 3.8) is 0 Å². The molecule has 5 heteroatoms. The zero-order chi connectivity index (χ0) is 12.3. The van der Waals surface area contributed by atoms with Crippen LogP contribution in [0.2, 0.25) is 0 Å². The van der Waals surface area contributed by atoms with Crippen molar-refractivity contribution in [2.45, 2.75) is 19.8 Å². The summed E-state index contributed by atoms with van der Waals surface area (Å²) in [6, 6.07) is 3.80. The molecule has 2 N–H and O–H groups in total. The smallest absolute Gasteiger partial charge is 0.122 e. The largest absolute Gasteiger partial charge is 0.388 e. The van der Waals surface area contributed by atoms with E-state index in [1.54, 1.807) is 12.4 Å². The molecule has 0 aliphatic heterocycles. The van der Waals surface area contributed by atoms with Crippen LogP contribution in [0.5, 0.6) is 0 Å². The number of pyridine rings is 1. The standard InChI is InChI=1S/C12H14N4S/c1-2-3-11-15-6-7-16(11)9-4-5-14-10(8-9)12(13)17/h4-8H,2-3H2,1H3,(H2,13,17). The second-order valence-electron chi connectivity index (χ2n) is 3.73. The van der Waals surface area contributed by atoms with Gasteiger partial charge in [-0.2, -0.15) is 0 Å². The van der Waals surface area contributed by atoms with Crippen LogP contribution in [-0.2, 0) is 6.42 Å². The Bertz CT molecular complexity index is 533. The first-order valence-corrected chi connectivity index (χ1v) is 5.91. The monoisotopic (exact) mass is 246 g/mol. The molecule has 2 heterocycles. The number of hydrogen-bond acceptors (Lipinski definition) is 3. The predicted molar refractivity (Wildman–Crippen MR) is 71.2 cm³/mol. The van der Waals surface area contributed by atoms with Gasteiger partial charge in [0.2, 0.25) is 0 Å². The number of nitrogens with two attached hydrogens (primary N) is 1. The summed E-state index contributed by atoms with van der Waals surface area (Å²) in [6.07, 6.45) is 7.44. The molecule has 88 valence electrons. The van der Waals surface area contributed by atoms with E-state index >= 15 is 0 Å². The minimum atomic E-state index is 0.309. The first-order chi connectivity index (χ1) is 8.22. The van der Waals surface area contributed by atoms with Gasteiger partial charge in [0.05, 0.1) is 11.4 Å². The molecule has 17 heavy (non-hydrogen) atoms. The first-order valence-electron chi connectivity index (χ1n) is 5.51. The summed E-state index contributed by atoms with van der Waals surface area (Å²) < 4.78 is 2.03. The third kappa shape index (κ3) is 2.50. The highest BCUT2D eigenvalue weighted by molar-refractivity contribution is 7.80. The fraction of sp³-hybridized carbons (Fsp3) is 0.250. The number of rotatable bonds is 4. The number of imidazole rings is 1. The van der Waals surface area contributed by atoms with Gasteiger partial charge in [-0.3, -0.25) is 4.98 Å². The Morgan fingerprint density at radius 3 is 2.94 bits per heavy atom. The average molecular weight is 246 g/mol. The Labute approximate surface area is 106 Å². The number of aromatic nitrogens is 3. The molecule has 0 aliphatic rings. The van der Waals surface area contributed by atoms with Crippen LogP contribution >= 0.6 is 12.2 Å². The van der Waals surface area contributed by atoms with Crippen LogP contribution < -0.4 is 5.73 Å². The van der Waals surface area contributed by atoms with Crippen molar-refractivity contribution in [2.24, 2.45) is 5.73 Å². The lowest BCUT2D eigenvalue weighted by Gasteiger charge is -2.08. The van der Waals surface area contributed by atoms with Crippen LogP contribution in [0.15, 0.2) is 30.7 Å². The van der Waals surface area contributed by atoms with Gasteiger partial charge in [0, 0.05) is 25.0 Å². The van der Waals surface area contributed by atoms with Gasteiger partial charge in [0.25, 0.3) is 0 Å². The fourth-order valence-electron chi connectivity index (χ4n) is 1.68. The van der Waals surface area contributed by atoms with Crippen molar-refractivity contribution in [1.29, 1.82) is 0 Å². The van der Waals surface area contributed by atoms with Gasteiger partial charge >= 0.3 is 0 Å². The molecule has 0 aliphatic carbocycles. The quantitative estimate of drug-likeness (QED) is 0.837. The molecule has 0 saturated heterocycles. The third-order valence-corrected chi connectivity index (χ3v) is 2.67. The Hall–Kier alpha value is -1.75. The van der Waals surface area contributed by atoms with Crippen molar-refractivity contribution < 1.29 is 0 Å². The molecule has 0 atom stereocenters. The van der Waals surface area contributed by atoms with E-state index in [2.05, 4.69) is 16.9 Å². The maximum atomic E-state index is 5.58. The number of thiocarbonyl (C=S) groups is 1. The van der Waals surface area contributed by atoms with Crippen LogP contribution in [0.1, 0.15) is 24.9 Å². The lowest BCUT2D eigenvalue weighted by Crippen LogP contribution is -2.12. The zero-order valence-electron chi connectivity index (χ0n) is 9.63. The van der Waals surface area contributed by atoms with E-state index in [0.29, 0.717) is 10.7 Å². The van der Waals surface area contributed by atoms with E-state index in [0.717, 1.165) is 24.4 Å². The first kappa shape index (κ1) is 11.7. The summed E-state index contributed by atoms with van der Waals surface area (Å²) in [5.41, 5.74) is 7.20. The summed E-state index contributed by atoms with van der Waals surface area (Å²) in [6.45, 7) is 2.13. The number of nitrogens with zero attached hydrogens (tertiary/aromatic N) is 3. The minimum absolute atomic E-state index is 0.309. The lowest BCUT2D eigenvalue weighted by molar-refractivity contribution is 0.808. The molecule has 2 rings (SSSR count). The molecule has 4 nitrogen and oxygen atoms in total. The van der Waals surface area contributed by atoms with Crippen LogP contribution in [0.3, 0.4) is 0 Å². The summed E-state index contributed by atoms with van der Waals surface area (Å²) in [7, 11) is 0. The van der Waals surface area contributed by atoms with Crippen molar-refractivity contribution in [3.05, 3.63) is 42.2 Å². The zero-order valence-corrected chi connectivity index (χ0v) is 10.4. The van der Waals surface area contributed by atoms with Gasteiger partial charge in [-0.05, 0) is 18.6 Å². The van der Waals surface area contributed by atoms with E-state index in [9.17, 15) is 0 Å². The SMILES string of the molecule is CCCc1nccn1-c1ccnc(C(N)=S)c1. The predicted octanol–water partition coefficient (Wildman–Crippen LogP) is 1.85. The van der Waals surface area contributed by atoms with Crippen molar-refractivity contribution >= 4 is 17.2 Å². The lowest BCUT2D eigenvalue weighted by atomic mass is 10.3. The summed E-state index contributed by atoms with van der Waals surface area (Å²) >= 11 is 4.93. The molecule has 2 aromatic heterocycles. The molecule has 0 unspecified atom stereocenters. The maximum Gasteiger partial charge on any atom is 0.122 e. The topological polar surface area (TPSA) is 56.7 Å². The molecule has 0 radical (unpaired) electrons. The summed E-state index contributed by atoms with van der Waals surface area (Å²) in [5.74, 6) is 1.03. The number of hydrogen-bond donors (Lipinski definition) is 1. The second kappa shape index (κ2) is 5.05. The van der Waals surface area contributed by atoms with Crippen molar-refractivity contribution in [1.82, 2.24) is 14.5 Å².